The molecule has 0 aromatic heterocycles. The molecule has 0 rings (SSSR count). The van der Waals surface area contributed by atoms with Crippen LogP contribution in [0.15, 0.2) is 0 Å². The van der Waals surface area contributed by atoms with Gasteiger partial charge in [-0.3, -0.25) is 4.79 Å². The first-order valence-electron chi connectivity index (χ1n) is 3.67. The van der Waals surface area contributed by atoms with Gasteiger partial charge in [-0.05, 0) is 12.3 Å². The Labute approximate surface area is 67.6 Å². The average molecular weight is 159 g/mol. The molecule has 0 saturated carbocycles. The van der Waals surface area contributed by atoms with Gasteiger partial charge in [0, 0.05) is 5.54 Å². The molecule has 0 amide bonds. The normalized spacial score (nSPS) is 17.5. The third-order valence-corrected chi connectivity index (χ3v) is 2.23. The lowest BCUT2D eigenvalue weighted by Gasteiger charge is -2.37. The zero-order valence-electron chi connectivity index (χ0n) is 7.64. The Bertz CT molecular complexity index is 156. The van der Waals surface area contributed by atoms with Gasteiger partial charge in [0.15, 0.2) is 0 Å². The molecule has 0 aliphatic heterocycles. The Morgan fingerprint density at radius 1 is 1.36 bits per heavy atom. The van der Waals surface area contributed by atoms with E-state index in [1.54, 1.807) is 6.92 Å². The van der Waals surface area contributed by atoms with Crippen molar-refractivity contribution in [3.8, 4) is 0 Å². The van der Waals surface area contributed by atoms with E-state index in [0.717, 1.165) is 0 Å². The van der Waals surface area contributed by atoms with E-state index in [4.69, 9.17) is 10.8 Å². The molecule has 66 valence electrons. The molecule has 11 heavy (non-hydrogen) atoms. The third kappa shape index (κ3) is 2.89. The van der Waals surface area contributed by atoms with Crippen LogP contribution in [0.5, 0.6) is 0 Å². The standard InChI is InChI=1S/C8H17NO2/c1-7(2,3)8(4,9)5-6(10)11/h5,9H2,1-4H3,(H,10,11). The minimum Gasteiger partial charge on any atom is -0.481 e. The zero-order chi connectivity index (χ0) is 9.28. The molecule has 3 N–H and O–H groups in total. The third-order valence-electron chi connectivity index (χ3n) is 2.23. The summed E-state index contributed by atoms with van der Waals surface area (Å²) in [5.41, 5.74) is 5.00. The van der Waals surface area contributed by atoms with Gasteiger partial charge in [0.25, 0.3) is 0 Å². The number of carboxylic acids is 1. The lowest BCUT2D eigenvalue weighted by molar-refractivity contribution is -0.139. The van der Waals surface area contributed by atoms with Gasteiger partial charge < -0.3 is 10.8 Å². The minimum absolute atomic E-state index is 0.0104. The maximum absolute atomic E-state index is 10.4. The SMILES string of the molecule is CC(C)(C)C(C)(N)CC(=O)O. The van der Waals surface area contributed by atoms with Gasteiger partial charge in [-0.15, -0.1) is 0 Å². The van der Waals surface area contributed by atoms with Gasteiger partial charge >= 0.3 is 5.97 Å². The molecule has 0 aromatic rings. The van der Waals surface area contributed by atoms with Crippen molar-refractivity contribution < 1.29 is 9.90 Å². The van der Waals surface area contributed by atoms with Crippen LogP contribution >= 0.6 is 0 Å². The summed E-state index contributed by atoms with van der Waals surface area (Å²) in [6, 6.07) is 0. The largest absolute Gasteiger partial charge is 0.481 e. The number of carboxylic acid groups (broad SMARTS) is 1. The summed E-state index contributed by atoms with van der Waals surface area (Å²) in [5.74, 6) is -0.843. The number of carbonyl (C=O) groups is 1. The lowest BCUT2D eigenvalue weighted by atomic mass is 9.74. The number of hydrogen-bond donors (Lipinski definition) is 2. The molecule has 0 aromatic carbocycles. The Morgan fingerprint density at radius 3 is 1.82 bits per heavy atom. The first-order chi connectivity index (χ1) is 4.67. The van der Waals surface area contributed by atoms with Crippen LogP contribution in [-0.2, 0) is 4.79 Å². The van der Waals surface area contributed by atoms with Crippen LogP contribution in [0.25, 0.3) is 0 Å². The quantitative estimate of drug-likeness (QED) is 0.636. The lowest BCUT2D eigenvalue weighted by Crippen LogP contribution is -2.50. The zero-order valence-corrected chi connectivity index (χ0v) is 7.64. The molecule has 0 spiro atoms. The molecule has 0 radical (unpaired) electrons. The van der Waals surface area contributed by atoms with Crippen molar-refractivity contribution in [3.05, 3.63) is 0 Å². The van der Waals surface area contributed by atoms with Crippen LogP contribution in [-0.4, -0.2) is 16.6 Å². The first-order valence-corrected chi connectivity index (χ1v) is 3.67. The van der Waals surface area contributed by atoms with E-state index in [1.807, 2.05) is 20.8 Å². The van der Waals surface area contributed by atoms with E-state index in [-0.39, 0.29) is 11.8 Å². The molecular formula is C8H17NO2. The molecule has 0 aliphatic carbocycles. The van der Waals surface area contributed by atoms with Crippen LogP contribution in [0.2, 0.25) is 0 Å². The smallest absolute Gasteiger partial charge is 0.305 e. The maximum atomic E-state index is 10.4. The molecular weight excluding hydrogens is 142 g/mol. The Balaban J connectivity index is 4.34. The summed E-state index contributed by atoms with van der Waals surface area (Å²) >= 11 is 0. The highest BCUT2D eigenvalue weighted by molar-refractivity contribution is 5.68. The van der Waals surface area contributed by atoms with E-state index < -0.39 is 11.5 Å². The van der Waals surface area contributed by atoms with Crippen molar-refractivity contribution in [1.82, 2.24) is 0 Å². The molecule has 1 unspecified atom stereocenters. The van der Waals surface area contributed by atoms with E-state index in [9.17, 15) is 4.79 Å². The van der Waals surface area contributed by atoms with Crippen molar-refractivity contribution in [2.24, 2.45) is 11.1 Å². The van der Waals surface area contributed by atoms with Gasteiger partial charge in [0.05, 0.1) is 6.42 Å². The van der Waals surface area contributed by atoms with Crippen LogP contribution in [0.4, 0.5) is 0 Å². The highest BCUT2D eigenvalue weighted by Crippen LogP contribution is 2.30. The predicted molar refractivity (Wildman–Crippen MR) is 44.3 cm³/mol. The number of nitrogens with two attached hydrogens (primary N) is 1. The fraction of sp³-hybridized carbons (Fsp3) is 0.875. The van der Waals surface area contributed by atoms with Crippen LogP contribution in [0.1, 0.15) is 34.1 Å². The highest BCUT2D eigenvalue weighted by Gasteiger charge is 2.35. The summed E-state index contributed by atoms with van der Waals surface area (Å²) in [4.78, 5) is 10.4. The van der Waals surface area contributed by atoms with E-state index in [2.05, 4.69) is 0 Å². The molecule has 1 atom stereocenters. The monoisotopic (exact) mass is 159 g/mol. The molecule has 3 nitrogen and oxygen atoms in total. The van der Waals surface area contributed by atoms with Crippen molar-refractivity contribution >= 4 is 5.97 Å². The Hall–Kier alpha value is -0.570. The highest BCUT2D eigenvalue weighted by atomic mass is 16.4. The summed E-state index contributed by atoms with van der Waals surface area (Å²) < 4.78 is 0. The number of aliphatic carboxylic acids is 1. The topological polar surface area (TPSA) is 63.3 Å². The van der Waals surface area contributed by atoms with Crippen LogP contribution in [0, 0.1) is 5.41 Å². The Kier molecular flexibility index (Phi) is 2.67. The Morgan fingerprint density at radius 2 is 1.73 bits per heavy atom. The van der Waals surface area contributed by atoms with Gasteiger partial charge in [0.1, 0.15) is 0 Å². The number of hydrogen-bond acceptors (Lipinski definition) is 2. The molecule has 0 bridgehead atoms. The fourth-order valence-corrected chi connectivity index (χ4v) is 0.579. The van der Waals surface area contributed by atoms with Crippen LogP contribution < -0.4 is 5.73 Å². The first kappa shape index (κ1) is 10.4. The van der Waals surface area contributed by atoms with Crippen molar-refractivity contribution in [2.45, 2.75) is 39.7 Å². The predicted octanol–water partition coefficient (Wildman–Crippen LogP) is 1.22. The molecule has 0 aliphatic rings. The molecule has 0 fully saturated rings. The second-order valence-corrected chi connectivity index (χ2v) is 4.24. The van der Waals surface area contributed by atoms with Gasteiger partial charge in [0.2, 0.25) is 0 Å². The van der Waals surface area contributed by atoms with E-state index in [0.29, 0.717) is 0 Å². The molecule has 0 saturated heterocycles. The summed E-state index contributed by atoms with van der Waals surface area (Å²) in [6.07, 6.45) is 0.0104. The van der Waals surface area contributed by atoms with Gasteiger partial charge in [-0.2, -0.15) is 0 Å². The minimum atomic E-state index is -0.843. The maximum Gasteiger partial charge on any atom is 0.305 e. The second kappa shape index (κ2) is 2.81. The molecule has 3 heteroatoms. The van der Waals surface area contributed by atoms with Gasteiger partial charge in [-0.1, -0.05) is 20.8 Å². The van der Waals surface area contributed by atoms with Crippen molar-refractivity contribution in [3.63, 3.8) is 0 Å². The number of rotatable bonds is 2. The van der Waals surface area contributed by atoms with Gasteiger partial charge in [-0.25, -0.2) is 0 Å². The second-order valence-electron chi connectivity index (χ2n) is 4.24. The fourth-order valence-electron chi connectivity index (χ4n) is 0.579. The summed E-state index contributed by atoms with van der Waals surface area (Å²) in [7, 11) is 0. The molecule has 0 heterocycles. The van der Waals surface area contributed by atoms with E-state index >= 15 is 0 Å². The van der Waals surface area contributed by atoms with Crippen molar-refractivity contribution in [2.75, 3.05) is 0 Å². The van der Waals surface area contributed by atoms with Crippen molar-refractivity contribution in [1.29, 1.82) is 0 Å². The summed E-state index contributed by atoms with van der Waals surface area (Å²) in [6.45, 7) is 7.59. The summed E-state index contributed by atoms with van der Waals surface area (Å²) in [5, 5.41) is 8.53. The van der Waals surface area contributed by atoms with E-state index in [1.165, 1.54) is 0 Å². The van der Waals surface area contributed by atoms with Crippen LogP contribution in [0.3, 0.4) is 0 Å². The average Bonchev–Trinajstić information content (AvgIpc) is 1.56.